The largest absolute Gasteiger partial charge is 0.492 e. The zero-order valence-electron chi connectivity index (χ0n) is 10.8. The van der Waals surface area contributed by atoms with Gasteiger partial charge in [0, 0.05) is 18.0 Å². The van der Waals surface area contributed by atoms with Crippen molar-refractivity contribution < 1.29 is 4.74 Å². The normalized spacial score (nSPS) is 9.79. The Morgan fingerprint density at radius 1 is 1.32 bits per heavy atom. The Kier molecular flexibility index (Phi) is 4.88. The zero-order chi connectivity index (χ0) is 13.5. The van der Waals surface area contributed by atoms with Crippen LogP contribution in [0.2, 0.25) is 0 Å². The highest BCUT2D eigenvalue weighted by atomic mass is 35.5. The van der Waals surface area contributed by atoms with Gasteiger partial charge in [-0.25, -0.2) is 4.98 Å². The van der Waals surface area contributed by atoms with Crippen LogP contribution in [-0.4, -0.2) is 22.0 Å². The Hall–Kier alpha value is -1.92. The molecule has 3 nitrogen and oxygen atoms in total. The van der Waals surface area contributed by atoms with Crippen molar-refractivity contribution in [2.45, 2.75) is 13.5 Å². The predicted molar refractivity (Wildman–Crippen MR) is 76.5 cm³/mol. The monoisotopic (exact) mass is 274 g/mol. The molecule has 0 saturated carbocycles. The van der Waals surface area contributed by atoms with Crippen LogP contribution in [0.15, 0.2) is 36.7 Å². The van der Waals surface area contributed by atoms with Gasteiger partial charge in [-0.1, -0.05) is 11.8 Å². The molecule has 4 heteroatoms. The van der Waals surface area contributed by atoms with Gasteiger partial charge in [0.2, 0.25) is 0 Å². The van der Waals surface area contributed by atoms with Gasteiger partial charge >= 0.3 is 0 Å². The molecule has 0 atom stereocenters. The fraction of sp³-hybridized carbons (Fsp3) is 0.267. The van der Waals surface area contributed by atoms with Crippen LogP contribution in [0.1, 0.15) is 11.4 Å². The Morgan fingerprint density at radius 2 is 2.11 bits per heavy atom. The Morgan fingerprint density at radius 3 is 2.74 bits per heavy atom. The third-order valence-corrected chi connectivity index (χ3v) is 2.81. The Balaban J connectivity index is 1.85. The highest BCUT2D eigenvalue weighted by Gasteiger charge is 1.97. The molecule has 0 radical (unpaired) electrons. The molecule has 2 aromatic rings. The molecule has 0 aliphatic rings. The molecule has 1 heterocycles. The van der Waals surface area contributed by atoms with Crippen molar-refractivity contribution in [3.05, 3.63) is 48.0 Å². The number of ether oxygens (including phenoxy) is 1. The summed E-state index contributed by atoms with van der Waals surface area (Å²) in [6.45, 7) is 3.38. The first-order valence-corrected chi connectivity index (χ1v) is 6.58. The molecule has 1 aromatic carbocycles. The average Bonchev–Trinajstić information content (AvgIpc) is 2.84. The predicted octanol–water partition coefficient (Wildman–Crippen LogP) is 2.86. The number of rotatable bonds is 4. The molecule has 1 aromatic heterocycles. The smallest absolute Gasteiger partial charge is 0.119 e. The highest BCUT2D eigenvalue weighted by Crippen LogP contribution is 2.11. The maximum Gasteiger partial charge on any atom is 0.119 e. The molecule has 0 unspecified atom stereocenters. The van der Waals surface area contributed by atoms with E-state index in [9.17, 15) is 0 Å². The number of aromatic nitrogens is 2. The average molecular weight is 275 g/mol. The van der Waals surface area contributed by atoms with Gasteiger partial charge in [0.1, 0.15) is 18.2 Å². The minimum atomic E-state index is 0.350. The molecule has 0 spiro atoms. The van der Waals surface area contributed by atoms with E-state index in [-0.39, 0.29) is 0 Å². The van der Waals surface area contributed by atoms with Crippen LogP contribution in [0.25, 0.3) is 0 Å². The van der Waals surface area contributed by atoms with E-state index in [4.69, 9.17) is 16.3 Å². The molecular formula is C15H15ClN2O. The van der Waals surface area contributed by atoms with Crippen LogP contribution in [-0.2, 0) is 6.54 Å². The van der Waals surface area contributed by atoms with E-state index in [0.717, 1.165) is 23.7 Å². The maximum absolute atomic E-state index is 5.67. The van der Waals surface area contributed by atoms with Crippen LogP contribution >= 0.6 is 11.6 Å². The van der Waals surface area contributed by atoms with Crippen molar-refractivity contribution in [1.29, 1.82) is 0 Å². The van der Waals surface area contributed by atoms with Crippen LogP contribution in [0, 0.1) is 18.8 Å². The molecule has 0 amide bonds. The van der Waals surface area contributed by atoms with Crippen LogP contribution < -0.4 is 4.74 Å². The number of benzene rings is 1. The van der Waals surface area contributed by atoms with Gasteiger partial charge < -0.3 is 9.30 Å². The number of hydrogen-bond donors (Lipinski definition) is 0. The standard InChI is InChI=1S/C15H15ClN2O/c1-13-17-9-10-18(13)11-12-19-15-6-4-14(5-7-15)3-2-8-16/h4-7,9-10H,8,11-12H2,1H3. The zero-order valence-corrected chi connectivity index (χ0v) is 11.5. The van der Waals surface area contributed by atoms with Gasteiger partial charge in [-0.2, -0.15) is 0 Å². The highest BCUT2D eigenvalue weighted by molar-refractivity contribution is 6.19. The van der Waals surface area contributed by atoms with Crippen molar-refractivity contribution in [2.75, 3.05) is 12.5 Å². The second-order valence-corrected chi connectivity index (χ2v) is 4.24. The summed E-state index contributed by atoms with van der Waals surface area (Å²) in [6, 6.07) is 7.69. The van der Waals surface area contributed by atoms with Crippen LogP contribution in [0.5, 0.6) is 5.75 Å². The third-order valence-electron chi connectivity index (χ3n) is 2.68. The van der Waals surface area contributed by atoms with Gasteiger partial charge in [0.05, 0.1) is 12.4 Å². The molecule has 0 aliphatic carbocycles. The van der Waals surface area contributed by atoms with Gasteiger partial charge in [0.15, 0.2) is 0 Å². The Labute approximate surface area is 118 Å². The van der Waals surface area contributed by atoms with Crippen molar-refractivity contribution in [1.82, 2.24) is 9.55 Å². The first-order chi connectivity index (χ1) is 9.29. The van der Waals surface area contributed by atoms with E-state index in [0.29, 0.717) is 12.5 Å². The summed E-state index contributed by atoms with van der Waals surface area (Å²) in [6.07, 6.45) is 3.74. The maximum atomic E-state index is 5.67. The summed E-state index contributed by atoms with van der Waals surface area (Å²) < 4.78 is 7.73. The van der Waals surface area contributed by atoms with Crippen LogP contribution in [0.3, 0.4) is 0 Å². The minimum absolute atomic E-state index is 0.350. The number of alkyl halides is 1. The molecule has 0 N–H and O–H groups in total. The molecule has 0 saturated heterocycles. The van der Waals surface area contributed by atoms with E-state index in [1.165, 1.54) is 0 Å². The van der Waals surface area contributed by atoms with Crippen molar-refractivity contribution in [3.63, 3.8) is 0 Å². The lowest BCUT2D eigenvalue weighted by atomic mass is 10.2. The van der Waals surface area contributed by atoms with Crippen molar-refractivity contribution in [2.24, 2.45) is 0 Å². The number of aryl methyl sites for hydroxylation is 1. The van der Waals surface area contributed by atoms with E-state index >= 15 is 0 Å². The summed E-state index contributed by atoms with van der Waals surface area (Å²) in [5, 5.41) is 0. The third kappa shape index (κ3) is 4.04. The molecular weight excluding hydrogens is 260 g/mol. The molecule has 0 bridgehead atoms. The number of imidazole rings is 1. The second kappa shape index (κ2) is 6.86. The molecule has 2 rings (SSSR count). The number of halogens is 1. The summed E-state index contributed by atoms with van der Waals surface area (Å²) in [7, 11) is 0. The van der Waals surface area contributed by atoms with Crippen molar-refractivity contribution in [3.8, 4) is 17.6 Å². The SMILES string of the molecule is Cc1nccn1CCOc1ccc(C#CCCl)cc1. The summed E-state index contributed by atoms with van der Waals surface area (Å²) in [4.78, 5) is 4.16. The minimum Gasteiger partial charge on any atom is -0.492 e. The van der Waals surface area contributed by atoms with Crippen LogP contribution in [0.4, 0.5) is 0 Å². The summed E-state index contributed by atoms with van der Waals surface area (Å²) in [5.74, 6) is 7.96. The molecule has 0 aliphatic heterocycles. The lowest BCUT2D eigenvalue weighted by Gasteiger charge is -2.08. The summed E-state index contributed by atoms with van der Waals surface area (Å²) >= 11 is 5.51. The Bertz CT molecular complexity index is 578. The second-order valence-electron chi connectivity index (χ2n) is 3.98. The quantitative estimate of drug-likeness (QED) is 0.633. The van der Waals surface area contributed by atoms with E-state index in [1.807, 2.05) is 37.4 Å². The van der Waals surface area contributed by atoms with Gasteiger partial charge in [0.25, 0.3) is 0 Å². The molecule has 0 fully saturated rings. The lowest BCUT2D eigenvalue weighted by molar-refractivity contribution is 0.297. The van der Waals surface area contributed by atoms with Crippen molar-refractivity contribution >= 4 is 11.6 Å². The number of hydrogen-bond acceptors (Lipinski definition) is 2. The van der Waals surface area contributed by atoms with E-state index in [1.54, 1.807) is 6.20 Å². The molecule has 19 heavy (non-hydrogen) atoms. The number of nitrogens with zero attached hydrogens (tertiary/aromatic N) is 2. The lowest BCUT2D eigenvalue weighted by Crippen LogP contribution is -2.08. The fourth-order valence-corrected chi connectivity index (χ4v) is 1.74. The van der Waals surface area contributed by atoms with Gasteiger partial charge in [-0.3, -0.25) is 0 Å². The first-order valence-electron chi connectivity index (χ1n) is 6.05. The fourth-order valence-electron chi connectivity index (χ4n) is 1.67. The summed E-state index contributed by atoms with van der Waals surface area (Å²) in [5.41, 5.74) is 0.943. The van der Waals surface area contributed by atoms with E-state index in [2.05, 4.69) is 21.4 Å². The first kappa shape index (κ1) is 13.5. The topological polar surface area (TPSA) is 27.1 Å². The van der Waals surface area contributed by atoms with Gasteiger partial charge in [-0.15, -0.1) is 11.6 Å². The molecule has 98 valence electrons. The van der Waals surface area contributed by atoms with E-state index < -0.39 is 0 Å². The van der Waals surface area contributed by atoms with Gasteiger partial charge in [-0.05, 0) is 31.2 Å².